The number of esters is 1. The van der Waals surface area contributed by atoms with E-state index in [0.717, 1.165) is 0 Å². The summed E-state index contributed by atoms with van der Waals surface area (Å²) >= 11 is 0. The van der Waals surface area contributed by atoms with E-state index in [1.54, 1.807) is 50.5 Å². The van der Waals surface area contributed by atoms with Crippen LogP contribution in [0.2, 0.25) is 0 Å². The van der Waals surface area contributed by atoms with Crippen LogP contribution in [0.25, 0.3) is 0 Å². The highest BCUT2D eigenvalue weighted by molar-refractivity contribution is 5.97. The summed E-state index contributed by atoms with van der Waals surface area (Å²) in [6.07, 6.45) is 0. The van der Waals surface area contributed by atoms with Gasteiger partial charge in [0.25, 0.3) is 0 Å². The second-order valence-electron chi connectivity index (χ2n) is 9.76. The van der Waals surface area contributed by atoms with E-state index in [2.05, 4.69) is 0 Å². The number of phenols is 2. The molecule has 0 saturated carbocycles. The van der Waals surface area contributed by atoms with Crippen LogP contribution in [0, 0.1) is 0 Å². The lowest BCUT2D eigenvalue weighted by Crippen LogP contribution is -2.36. The van der Waals surface area contributed by atoms with Crippen LogP contribution in [0.15, 0.2) is 48.5 Å². The maximum Gasteiger partial charge on any atom is 0.340 e. The average Bonchev–Trinajstić information content (AvgIpc) is 3.13. The number of aromatic hydroxyl groups is 2. The van der Waals surface area contributed by atoms with Gasteiger partial charge in [-0.1, -0.05) is 18.2 Å². The lowest BCUT2D eigenvalue weighted by atomic mass is 9.76. The normalized spacial score (nSPS) is 14.5. The molecule has 0 saturated heterocycles. The molecule has 0 atom stereocenters. The van der Waals surface area contributed by atoms with Gasteiger partial charge < -0.3 is 39.5 Å². The van der Waals surface area contributed by atoms with Gasteiger partial charge in [-0.3, -0.25) is 9.80 Å². The van der Waals surface area contributed by atoms with Gasteiger partial charge >= 0.3 is 5.97 Å². The monoisotopic (exact) mass is 532 g/mol. The number of aliphatic carboxylic acids is 2. The van der Waals surface area contributed by atoms with Gasteiger partial charge in [0.2, 0.25) is 0 Å². The van der Waals surface area contributed by atoms with Crippen LogP contribution >= 0.6 is 0 Å². The van der Waals surface area contributed by atoms with Crippen LogP contribution < -0.4 is 14.9 Å². The fourth-order valence-electron chi connectivity index (χ4n) is 5.22. The molecule has 11 nitrogen and oxygen atoms in total. The third-order valence-corrected chi connectivity index (χ3v) is 6.79. The Morgan fingerprint density at radius 3 is 1.79 bits per heavy atom. The molecule has 0 fully saturated rings. The maximum atomic E-state index is 13.1. The van der Waals surface area contributed by atoms with Gasteiger partial charge in [-0.25, -0.2) is 4.79 Å². The summed E-state index contributed by atoms with van der Waals surface area (Å²) in [6, 6.07) is 12.7. The lowest BCUT2D eigenvalue weighted by Gasteiger charge is -2.37. The first kappa shape index (κ1) is 26.0. The molecule has 0 unspecified atom stereocenters. The number of nitrogens with zero attached hydrogens (tertiary/aromatic N) is 2. The fourth-order valence-corrected chi connectivity index (χ4v) is 5.22. The predicted molar refractivity (Wildman–Crippen MR) is 131 cm³/mol. The molecular weight excluding hydrogens is 508 g/mol. The number of fused-ring (bicyclic) bond motifs is 6. The summed E-state index contributed by atoms with van der Waals surface area (Å²) in [5, 5.41) is 43.7. The maximum absolute atomic E-state index is 13.1. The van der Waals surface area contributed by atoms with Gasteiger partial charge in [0.1, 0.15) is 23.0 Å². The highest BCUT2D eigenvalue weighted by Gasteiger charge is 2.54. The minimum absolute atomic E-state index is 0.0421. The molecule has 0 aromatic heterocycles. The number of carboxylic acid groups (broad SMARTS) is 2. The van der Waals surface area contributed by atoms with Crippen molar-refractivity contribution in [3.05, 3.63) is 81.9 Å². The average molecular weight is 533 g/mol. The van der Waals surface area contributed by atoms with Crippen LogP contribution in [0.5, 0.6) is 23.0 Å². The Morgan fingerprint density at radius 2 is 1.31 bits per heavy atom. The topological polar surface area (TPSA) is 163 Å². The number of carbonyl (C=O) groups excluding carboxylic acids is 3. The van der Waals surface area contributed by atoms with E-state index in [0.29, 0.717) is 33.4 Å². The zero-order chi connectivity index (χ0) is 28.1. The number of phenolic OH excluding ortho intramolecular Hbond substituents is 2. The molecule has 0 amide bonds. The molecule has 39 heavy (non-hydrogen) atoms. The molecule has 0 bridgehead atoms. The summed E-state index contributed by atoms with van der Waals surface area (Å²) < 4.78 is 12.2. The summed E-state index contributed by atoms with van der Waals surface area (Å²) in [7, 11) is 3.11. The number of hydrogen-bond donors (Lipinski definition) is 2. The number of likely N-dealkylation sites (N-methyl/N-ethyl adjacent to an activating group) is 2. The van der Waals surface area contributed by atoms with Crippen molar-refractivity contribution < 1.29 is 44.3 Å². The smallest absolute Gasteiger partial charge is 0.340 e. The van der Waals surface area contributed by atoms with Gasteiger partial charge in [0.15, 0.2) is 5.60 Å². The van der Waals surface area contributed by atoms with E-state index in [1.807, 2.05) is 0 Å². The number of rotatable bonds is 8. The van der Waals surface area contributed by atoms with Crippen LogP contribution in [0.3, 0.4) is 0 Å². The van der Waals surface area contributed by atoms with Gasteiger partial charge in [0.05, 0.1) is 17.5 Å². The SMILES string of the molecule is CN(CC(=O)[O-])Cc1cc2c(cc1O)Oc1cc(O)c(CN(C)CC(=O)[O-])cc1C21OC(=O)c2ccccc21. The first-order valence-corrected chi connectivity index (χ1v) is 12.0. The van der Waals surface area contributed by atoms with E-state index in [-0.39, 0.29) is 49.2 Å². The first-order chi connectivity index (χ1) is 18.5. The zero-order valence-electron chi connectivity index (χ0n) is 21.1. The largest absolute Gasteiger partial charge is 0.549 e. The summed E-state index contributed by atoms with van der Waals surface area (Å²) in [5.74, 6) is -3.12. The molecule has 3 aromatic rings. The van der Waals surface area contributed by atoms with E-state index >= 15 is 0 Å². The van der Waals surface area contributed by atoms with E-state index in [9.17, 15) is 34.8 Å². The van der Waals surface area contributed by atoms with Crippen molar-refractivity contribution in [2.75, 3.05) is 27.2 Å². The van der Waals surface area contributed by atoms with Crippen molar-refractivity contribution in [1.82, 2.24) is 9.80 Å². The molecule has 2 aliphatic heterocycles. The molecule has 3 aromatic carbocycles. The van der Waals surface area contributed by atoms with Crippen molar-refractivity contribution in [2.24, 2.45) is 0 Å². The third kappa shape index (κ3) is 4.51. The molecule has 2 aliphatic rings. The molecule has 1 spiro atoms. The molecular formula is C28H24N2O9-2. The Hall–Kier alpha value is -4.61. The molecule has 2 N–H and O–H groups in total. The molecule has 5 rings (SSSR count). The van der Waals surface area contributed by atoms with Crippen LogP contribution in [-0.4, -0.2) is 65.1 Å². The Bertz CT molecular complexity index is 1440. The van der Waals surface area contributed by atoms with Gasteiger partial charge in [-0.15, -0.1) is 0 Å². The molecule has 11 heteroatoms. The van der Waals surface area contributed by atoms with E-state index in [1.165, 1.54) is 21.9 Å². The second kappa shape index (κ2) is 9.61. The minimum atomic E-state index is -1.53. The minimum Gasteiger partial charge on any atom is -0.549 e. The highest BCUT2D eigenvalue weighted by Crippen LogP contribution is 2.57. The molecule has 202 valence electrons. The van der Waals surface area contributed by atoms with Gasteiger partial charge in [-0.2, -0.15) is 0 Å². The first-order valence-electron chi connectivity index (χ1n) is 12.0. The number of benzene rings is 3. The molecule has 2 heterocycles. The summed E-state index contributed by atoms with van der Waals surface area (Å²) in [6.45, 7) is -0.664. The van der Waals surface area contributed by atoms with Gasteiger partial charge in [-0.05, 0) is 32.3 Å². The van der Waals surface area contributed by atoms with Crippen molar-refractivity contribution in [2.45, 2.75) is 18.7 Å². The quantitative estimate of drug-likeness (QED) is 0.376. The Balaban J connectivity index is 1.71. The summed E-state index contributed by atoms with van der Waals surface area (Å²) in [5.41, 5.74) is 0.810. The fraction of sp³-hybridized carbons (Fsp3) is 0.250. The highest BCUT2D eigenvalue weighted by atomic mass is 16.6. The van der Waals surface area contributed by atoms with Gasteiger partial charge in [0, 0.05) is 66.1 Å². The van der Waals surface area contributed by atoms with Crippen molar-refractivity contribution in [1.29, 1.82) is 0 Å². The van der Waals surface area contributed by atoms with Crippen LogP contribution in [-0.2, 0) is 33.0 Å². The Labute approximate surface area is 223 Å². The van der Waals surface area contributed by atoms with Crippen LogP contribution in [0.1, 0.15) is 38.2 Å². The molecule has 0 aliphatic carbocycles. The Morgan fingerprint density at radius 1 is 0.821 bits per heavy atom. The third-order valence-electron chi connectivity index (χ3n) is 6.79. The van der Waals surface area contributed by atoms with E-state index < -0.39 is 23.5 Å². The van der Waals surface area contributed by atoms with Crippen molar-refractivity contribution in [3.8, 4) is 23.0 Å². The van der Waals surface area contributed by atoms with E-state index in [4.69, 9.17) is 9.47 Å². The summed E-state index contributed by atoms with van der Waals surface area (Å²) in [4.78, 5) is 38.2. The zero-order valence-corrected chi connectivity index (χ0v) is 21.1. The molecule has 0 radical (unpaired) electrons. The standard InChI is InChI=1S/C28H26N2O9/c1-29(13-25(33)34)11-15-7-19-23(9-21(15)31)38-24-10-22(32)16(12-30(2)14-26(35)36)8-20(24)28(19)18-6-4-3-5-17(18)27(37)39-28/h3-10,31-32H,11-14H2,1-2H3,(H,33,34)(H,35,36)/p-2. The van der Waals surface area contributed by atoms with Crippen LogP contribution in [0.4, 0.5) is 0 Å². The number of carbonyl (C=O) groups is 3. The Kier molecular flexibility index (Phi) is 6.41. The number of ether oxygens (including phenoxy) is 2. The predicted octanol–water partition coefficient (Wildman–Crippen LogP) is 0.0292. The van der Waals surface area contributed by atoms with Crippen molar-refractivity contribution in [3.63, 3.8) is 0 Å². The second-order valence-corrected chi connectivity index (χ2v) is 9.76. The number of hydrogen-bond acceptors (Lipinski definition) is 11. The number of carboxylic acids is 2. The lowest BCUT2D eigenvalue weighted by molar-refractivity contribution is -0.307. The van der Waals surface area contributed by atoms with Crippen molar-refractivity contribution >= 4 is 17.9 Å².